The number of nitrogens with two attached hydrogens (primary N) is 1. The summed E-state index contributed by atoms with van der Waals surface area (Å²) in [7, 11) is 0. The molecule has 0 unspecified atom stereocenters. The van der Waals surface area contributed by atoms with Gasteiger partial charge in [-0.05, 0) is 0 Å². The van der Waals surface area contributed by atoms with Gasteiger partial charge in [0, 0.05) is 0 Å². The SMILES string of the molecule is CCC[O][Sn]([O]CCC)([O]CCC)[c]1ccccc1CN. The maximum absolute atomic E-state index is 6.22. The van der Waals surface area contributed by atoms with Gasteiger partial charge in [-0.25, -0.2) is 0 Å². The van der Waals surface area contributed by atoms with Crippen LogP contribution in [0.3, 0.4) is 0 Å². The fourth-order valence-corrected chi connectivity index (χ4v) is 10.7. The van der Waals surface area contributed by atoms with Crippen LogP contribution in [0.1, 0.15) is 45.6 Å². The Morgan fingerprint density at radius 3 is 1.76 bits per heavy atom. The number of rotatable bonds is 11. The Kier molecular flexibility index (Phi) is 9.51. The molecule has 120 valence electrons. The molecule has 0 aliphatic heterocycles. The van der Waals surface area contributed by atoms with Crippen molar-refractivity contribution in [1.29, 1.82) is 0 Å². The van der Waals surface area contributed by atoms with Crippen molar-refractivity contribution in [2.75, 3.05) is 19.8 Å². The van der Waals surface area contributed by atoms with Crippen molar-refractivity contribution in [3.8, 4) is 0 Å². The van der Waals surface area contributed by atoms with E-state index in [0.717, 1.165) is 28.4 Å². The summed E-state index contributed by atoms with van der Waals surface area (Å²) < 4.78 is 19.8. The van der Waals surface area contributed by atoms with E-state index in [-0.39, 0.29) is 0 Å². The zero-order valence-corrected chi connectivity index (χ0v) is 16.4. The van der Waals surface area contributed by atoms with E-state index in [2.05, 4.69) is 26.8 Å². The summed E-state index contributed by atoms with van der Waals surface area (Å²) in [6.07, 6.45) is 2.86. The third kappa shape index (κ3) is 5.52. The molecule has 0 fully saturated rings. The number of hydrogen-bond donors (Lipinski definition) is 1. The summed E-state index contributed by atoms with van der Waals surface area (Å²) in [5.41, 5.74) is 6.98. The second kappa shape index (κ2) is 10.6. The van der Waals surface area contributed by atoms with Gasteiger partial charge in [-0.1, -0.05) is 0 Å². The van der Waals surface area contributed by atoms with Gasteiger partial charge in [-0.3, -0.25) is 0 Å². The Balaban J connectivity index is 3.16. The molecule has 0 aromatic heterocycles. The minimum atomic E-state index is -3.77. The molecule has 0 radical (unpaired) electrons. The van der Waals surface area contributed by atoms with Crippen molar-refractivity contribution in [3.63, 3.8) is 0 Å². The molecule has 0 aliphatic carbocycles. The molecule has 1 aromatic rings. The molecule has 0 saturated carbocycles. The zero-order chi connectivity index (χ0) is 15.6. The van der Waals surface area contributed by atoms with Gasteiger partial charge in [0.15, 0.2) is 0 Å². The zero-order valence-electron chi connectivity index (χ0n) is 13.6. The van der Waals surface area contributed by atoms with E-state index in [0.29, 0.717) is 26.4 Å². The first-order chi connectivity index (χ1) is 10.2. The average molecular weight is 402 g/mol. The van der Waals surface area contributed by atoms with E-state index in [1.165, 1.54) is 0 Å². The predicted octanol–water partition coefficient (Wildman–Crippen LogP) is 2.57. The van der Waals surface area contributed by atoms with Gasteiger partial charge in [-0.15, -0.1) is 0 Å². The van der Waals surface area contributed by atoms with E-state index < -0.39 is 19.6 Å². The number of hydrogen-bond acceptors (Lipinski definition) is 4. The quantitative estimate of drug-likeness (QED) is 0.579. The van der Waals surface area contributed by atoms with Gasteiger partial charge < -0.3 is 0 Å². The molecule has 0 atom stereocenters. The summed E-state index contributed by atoms with van der Waals surface area (Å²) in [5, 5.41) is 0. The number of benzene rings is 1. The molecular weight excluding hydrogens is 373 g/mol. The van der Waals surface area contributed by atoms with Crippen LogP contribution in [0, 0.1) is 0 Å². The van der Waals surface area contributed by atoms with Crippen molar-refractivity contribution in [3.05, 3.63) is 29.8 Å². The molecule has 21 heavy (non-hydrogen) atoms. The molecule has 1 rings (SSSR count). The topological polar surface area (TPSA) is 53.7 Å². The van der Waals surface area contributed by atoms with Crippen LogP contribution in [0.25, 0.3) is 0 Å². The van der Waals surface area contributed by atoms with Gasteiger partial charge in [0.05, 0.1) is 0 Å². The van der Waals surface area contributed by atoms with Crippen LogP contribution in [-0.2, 0) is 15.8 Å². The second-order valence-electron chi connectivity index (χ2n) is 4.96. The molecule has 0 bridgehead atoms. The van der Waals surface area contributed by atoms with Crippen LogP contribution >= 0.6 is 0 Å². The van der Waals surface area contributed by atoms with E-state index in [1.54, 1.807) is 0 Å². The van der Waals surface area contributed by atoms with Gasteiger partial charge in [0.2, 0.25) is 0 Å². The Bertz CT molecular complexity index is 379. The van der Waals surface area contributed by atoms with Crippen molar-refractivity contribution in [2.45, 2.75) is 46.6 Å². The molecule has 0 heterocycles. The summed E-state index contributed by atoms with van der Waals surface area (Å²) in [4.78, 5) is 0. The Morgan fingerprint density at radius 2 is 1.33 bits per heavy atom. The van der Waals surface area contributed by atoms with Crippen LogP contribution in [0.15, 0.2) is 24.3 Å². The normalized spacial score (nSPS) is 11.8. The van der Waals surface area contributed by atoms with E-state index in [9.17, 15) is 0 Å². The molecule has 2 N–H and O–H groups in total. The fourth-order valence-electron chi connectivity index (χ4n) is 2.06. The summed E-state index contributed by atoms with van der Waals surface area (Å²) in [6.45, 7) is 8.80. The van der Waals surface area contributed by atoms with Crippen molar-refractivity contribution in [1.82, 2.24) is 0 Å². The van der Waals surface area contributed by atoms with Crippen molar-refractivity contribution < 1.29 is 9.22 Å². The van der Waals surface area contributed by atoms with Crippen LogP contribution in [0.2, 0.25) is 0 Å². The summed E-state index contributed by atoms with van der Waals surface area (Å²) in [6, 6.07) is 8.13. The third-order valence-corrected chi connectivity index (χ3v) is 11.3. The molecule has 1 aromatic carbocycles. The van der Waals surface area contributed by atoms with E-state index in [1.807, 2.05) is 18.2 Å². The molecule has 0 aliphatic rings. The van der Waals surface area contributed by atoms with E-state index in [4.69, 9.17) is 15.0 Å². The van der Waals surface area contributed by atoms with Crippen LogP contribution in [-0.4, -0.2) is 39.4 Å². The Morgan fingerprint density at radius 1 is 0.857 bits per heavy atom. The first-order valence-corrected chi connectivity index (χ1v) is 12.9. The average Bonchev–Trinajstić information content (AvgIpc) is 2.54. The van der Waals surface area contributed by atoms with Crippen molar-refractivity contribution >= 4 is 23.2 Å². The first-order valence-electron chi connectivity index (χ1n) is 7.94. The van der Waals surface area contributed by atoms with Gasteiger partial charge in [0.25, 0.3) is 0 Å². The van der Waals surface area contributed by atoms with Gasteiger partial charge in [0.1, 0.15) is 0 Å². The van der Waals surface area contributed by atoms with Crippen LogP contribution in [0.4, 0.5) is 0 Å². The third-order valence-electron chi connectivity index (χ3n) is 3.06. The van der Waals surface area contributed by atoms with Crippen LogP contribution < -0.4 is 9.31 Å². The molecule has 5 heteroatoms. The first kappa shape index (κ1) is 18.9. The molecular formula is C16H29NO3Sn. The standard InChI is InChI=1S/C7H8N.3C3H7O.Sn/c8-6-7-4-2-1-3-5-7;3*1-2-3-4;/h1-4H,6,8H2;3*2-3H2,1H3;/q;3*-1;+3. The summed E-state index contributed by atoms with van der Waals surface area (Å²) in [5.74, 6) is 0. The maximum atomic E-state index is 6.22. The summed E-state index contributed by atoms with van der Waals surface area (Å²) >= 11 is -3.77. The Hall–Kier alpha value is -0.141. The van der Waals surface area contributed by atoms with Crippen LogP contribution in [0.5, 0.6) is 0 Å². The molecule has 0 amide bonds. The Labute approximate surface area is 134 Å². The van der Waals surface area contributed by atoms with E-state index >= 15 is 0 Å². The molecule has 0 spiro atoms. The fraction of sp³-hybridized carbons (Fsp3) is 0.625. The van der Waals surface area contributed by atoms with Crippen molar-refractivity contribution in [2.24, 2.45) is 5.73 Å². The van der Waals surface area contributed by atoms with Gasteiger partial charge in [-0.2, -0.15) is 0 Å². The monoisotopic (exact) mass is 403 g/mol. The second-order valence-corrected chi connectivity index (χ2v) is 12.1. The van der Waals surface area contributed by atoms with Gasteiger partial charge >= 0.3 is 134 Å². The molecule has 4 nitrogen and oxygen atoms in total. The minimum absolute atomic E-state index is 0.481. The molecule has 0 saturated heterocycles. The predicted molar refractivity (Wildman–Crippen MR) is 88.5 cm³/mol.